The van der Waals surface area contributed by atoms with E-state index in [1.54, 1.807) is 12.1 Å². The van der Waals surface area contributed by atoms with Crippen molar-refractivity contribution in [3.05, 3.63) is 33.8 Å². The molecule has 1 atom stereocenters. The van der Waals surface area contributed by atoms with Gasteiger partial charge in [-0.25, -0.2) is 4.79 Å². The third-order valence-electron chi connectivity index (χ3n) is 1.85. The van der Waals surface area contributed by atoms with Gasteiger partial charge < -0.3 is 15.9 Å². The molecule has 1 aromatic carbocycles. The second kappa shape index (κ2) is 4.54. The quantitative estimate of drug-likeness (QED) is 0.760. The molecule has 14 heavy (non-hydrogen) atoms. The zero-order valence-electron chi connectivity index (χ0n) is 7.27. The van der Waals surface area contributed by atoms with Gasteiger partial charge in [0.15, 0.2) is 0 Å². The number of aliphatic hydroxyl groups is 1. The van der Waals surface area contributed by atoms with Crippen molar-refractivity contribution in [2.24, 2.45) is 5.73 Å². The summed E-state index contributed by atoms with van der Waals surface area (Å²) in [6.45, 7) is -0.208. The summed E-state index contributed by atoms with van der Waals surface area (Å²) in [5.41, 5.74) is 6.30. The summed E-state index contributed by atoms with van der Waals surface area (Å²) in [7, 11) is 0. The van der Waals surface area contributed by atoms with E-state index >= 15 is 0 Å². The first-order valence-corrected chi connectivity index (χ1v) is 4.74. The molecule has 1 aromatic rings. The van der Waals surface area contributed by atoms with Crippen LogP contribution in [0.4, 0.5) is 0 Å². The molecule has 0 saturated carbocycles. The molecule has 0 fully saturated rings. The number of carbonyl (C=O) groups is 1. The summed E-state index contributed by atoms with van der Waals surface area (Å²) in [5, 5.41) is 17.6. The van der Waals surface area contributed by atoms with Crippen molar-refractivity contribution < 1.29 is 15.0 Å². The molecule has 0 aliphatic carbocycles. The third-order valence-corrected chi connectivity index (χ3v) is 2.54. The van der Waals surface area contributed by atoms with Crippen molar-refractivity contribution in [2.75, 3.05) is 6.61 Å². The Balaban J connectivity index is 3.12. The van der Waals surface area contributed by atoms with Crippen molar-refractivity contribution in [3.63, 3.8) is 0 Å². The standard InChI is InChI=1S/C9H10BrNO3/c10-7-2-1-5(8(11)4-12)3-6(7)9(13)14/h1-3,8,12H,4,11H2,(H,13,14). The van der Waals surface area contributed by atoms with Crippen molar-refractivity contribution in [3.8, 4) is 0 Å². The summed E-state index contributed by atoms with van der Waals surface area (Å²) in [6, 6.07) is 4.19. The molecule has 1 rings (SSSR count). The first kappa shape index (κ1) is 11.2. The average Bonchev–Trinajstić information content (AvgIpc) is 2.17. The van der Waals surface area contributed by atoms with Crippen LogP contribution >= 0.6 is 15.9 Å². The number of rotatable bonds is 3. The maximum atomic E-state index is 10.8. The average molecular weight is 260 g/mol. The minimum atomic E-state index is -1.02. The van der Waals surface area contributed by atoms with E-state index in [4.69, 9.17) is 15.9 Å². The van der Waals surface area contributed by atoms with Crippen LogP contribution in [-0.2, 0) is 0 Å². The van der Waals surface area contributed by atoms with Gasteiger partial charge in [-0.2, -0.15) is 0 Å². The Kier molecular flexibility index (Phi) is 3.62. The van der Waals surface area contributed by atoms with Gasteiger partial charge in [0.05, 0.1) is 18.2 Å². The Morgan fingerprint density at radius 1 is 1.57 bits per heavy atom. The van der Waals surface area contributed by atoms with E-state index in [1.165, 1.54) is 6.07 Å². The van der Waals surface area contributed by atoms with Gasteiger partial charge in [-0.15, -0.1) is 0 Å². The molecule has 0 aliphatic heterocycles. The molecule has 0 bridgehead atoms. The molecule has 0 aromatic heterocycles. The van der Waals surface area contributed by atoms with Gasteiger partial charge in [0, 0.05) is 4.47 Å². The highest BCUT2D eigenvalue weighted by Gasteiger charge is 2.11. The van der Waals surface area contributed by atoms with Crippen molar-refractivity contribution in [1.29, 1.82) is 0 Å². The number of benzene rings is 1. The molecule has 0 amide bonds. The maximum Gasteiger partial charge on any atom is 0.336 e. The number of halogens is 1. The minimum absolute atomic E-state index is 0.145. The van der Waals surface area contributed by atoms with Crippen LogP contribution in [0.2, 0.25) is 0 Å². The molecule has 0 radical (unpaired) electrons. The van der Waals surface area contributed by atoms with Crippen LogP contribution < -0.4 is 5.73 Å². The zero-order chi connectivity index (χ0) is 10.7. The highest BCUT2D eigenvalue weighted by atomic mass is 79.9. The smallest absolute Gasteiger partial charge is 0.336 e. The normalized spacial score (nSPS) is 12.5. The molecule has 0 aliphatic rings. The molecule has 1 unspecified atom stereocenters. The number of nitrogens with two attached hydrogens (primary N) is 1. The lowest BCUT2D eigenvalue weighted by Gasteiger charge is -2.09. The second-order valence-corrected chi connectivity index (χ2v) is 3.69. The summed E-state index contributed by atoms with van der Waals surface area (Å²) in [4.78, 5) is 10.8. The van der Waals surface area contributed by atoms with Gasteiger partial charge in [-0.3, -0.25) is 0 Å². The van der Waals surface area contributed by atoms with Crippen LogP contribution in [0.3, 0.4) is 0 Å². The topological polar surface area (TPSA) is 83.5 Å². The Morgan fingerprint density at radius 3 is 2.71 bits per heavy atom. The summed E-state index contributed by atoms with van der Waals surface area (Å²) in [5.74, 6) is -1.02. The molecular formula is C9H10BrNO3. The van der Waals surface area contributed by atoms with E-state index in [0.717, 1.165) is 0 Å². The van der Waals surface area contributed by atoms with E-state index in [2.05, 4.69) is 15.9 Å². The molecule has 76 valence electrons. The summed E-state index contributed by atoms with van der Waals surface area (Å²) < 4.78 is 0.499. The number of aromatic carboxylic acids is 1. The van der Waals surface area contributed by atoms with E-state index in [9.17, 15) is 4.79 Å². The lowest BCUT2D eigenvalue weighted by Crippen LogP contribution is -2.15. The van der Waals surface area contributed by atoms with Crippen LogP contribution in [-0.4, -0.2) is 22.8 Å². The fraction of sp³-hybridized carbons (Fsp3) is 0.222. The first-order valence-electron chi connectivity index (χ1n) is 3.95. The number of hydrogen-bond donors (Lipinski definition) is 3. The Hall–Kier alpha value is -0.910. The van der Waals surface area contributed by atoms with Crippen LogP contribution in [0.25, 0.3) is 0 Å². The Morgan fingerprint density at radius 2 is 2.21 bits per heavy atom. The van der Waals surface area contributed by atoms with Gasteiger partial charge in [0.2, 0.25) is 0 Å². The number of aliphatic hydroxyl groups excluding tert-OH is 1. The second-order valence-electron chi connectivity index (χ2n) is 2.83. The molecule has 4 nitrogen and oxygen atoms in total. The van der Waals surface area contributed by atoms with Crippen molar-refractivity contribution in [1.82, 2.24) is 0 Å². The van der Waals surface area contributed by atoms with Crippen LogP contribution in [0, 0.1) is 0 Å². The fourth-order valence-corrected chi connectivity index (χ4v) is 1.46. The summed E-state index contributed by atoms with van der Waals surface area (Å²) >= 11 is 3.12. The van der Waals surface area contributed by atoms with Gasteiger partial charge in [-0.1, -0.05) is 6.07 Å². The predicted molar refractivity (Wildman–Crippen MR) is 55.1 cm³/mol. The fourth-order valence-electron chi connectivity index (χ4n) is 1.04. The first-order chi connectivity index (χ1) is 6.56. The lowest BCUT2D eigenvalue weighted by molar-refractivity contribution is 0.0695. The largest absolute Gasteiger partial charge is 0.478 e. The molecule has 0 spiro atoms. The predicted octanol–water partition coefficient (Wildman–Crippen LogP) is 1.14. The van der Waals surface area contributed by atoms with Gasteiger partial charge in [0.1, 0.15) is 0 Å². The lowest BCUT2D eigenvalue weighted by atomic mass is 10.1. The molecule has 0 heterocycles. The monoisotopic (exact) mass is 259 g/mol. The van der Waals surface area contributed by atoms with E-state index < -0.39 is 12.0 Å². The molecule has 4 N–H and O–H groups in total. The number of carboxylic acid groups (broad SMARTS) is 1. The molecule has 5 heteroatoms. The van der Waals surface area contributed by atoms with Crippen LogP contribution in [0.1, 0.15) is 22.0 Å². The van der Waals surface area contributed by atoms with E-state index in [1.807, 2.05) is 0 Å². The number of hydrogen-bond acceptors (Lipinski definition) is 3. The SMILES string of the molecule is NC(CO)c1ccc(Br)c(C(=O)O)c1. The van der Waals surface area contributed by atoms with E-state index in [-0.39, 0.29) is 12.2 Å². The summed E-state index contributed by atoms with van der Waals surface area (Å²) in [6.07, 6.45) is 0. The van der Waals surface area contributed by atoms with Gasteiger partial charge in [0.25, 0.3) is 0 Å². The zero-order valence-corrected chi connectivity index (χ0v) is 8.86. The number of carboxylic acids is 1. The molecular weight excluding hydrogens is 250 g/mol. The van der Waals surface area contributed by atoms with E-state index in [0.29, 0.717) is 10.0 Å². The van der Waals surface area contributed by atoms with Crippen LogP contribution in [0.15, 0.2) is 22.7 Å². The minimum Gasteiger partial charge on any atom is -0.478 e. The van der Waals surface area contributed by atoms with Crippen LogP contribution in [0.5, 0.6) is 0 Å². The molecule has 0 saturated heterocycles. The highest BCUT2D eigenvalue weighted by molar-refractivity contribution is 9.10. The van der Waals surface area contributed by atoms with Crippen molar-refractivity contribution in [2.45, 2.75) is 6.04 Å². The van der Waals surface area contributed by atoms with Crippen molar-refractivity contribution >= 4 is 21.9 Å². The van der Waals surface area contributed by atoms with Gasteiger partial charge in [-0.05, 0) is 33.6 Å². The third kappa shape index (κ3) is 2.31. The maximum absolute atomic E-state index is 10.8. The Bertz CT molecular complexity index is 354. The Labute approximate surface area is 89.5 Å². The highest BCUT2D eigenvalue weighted by Crippen LogP contribution is 2.21. The van der Waals surface area contributed by atoms with Gasteiger partial charge >= 0.3 is 5.97 Å².